The van der Waals surface area contributed by atoms with Crippen LogP contribution in [0.4, 0.5) is 18.9 Å². The number of nitrogens with one attached hydrogen (secondary N) is 2. The number of nitrogens with zero attached hydrogens (tertiary/aromatic N) is 1. The molecule has 3 aromatic rings. The van der Waals surface area contributed by atoms with Crippen molar-refractivity contribution in [1.82, 2.24) is 10.3 Å². The van der Waals surface area contributed by atoms with Gasteiger partial charge in [-0.2, -0.15) is 13.2 Å². The van der Waals surface area contributed by atoms with Gasteiger partial charge in [-0.1, -0.05) is 0 Å². The molecule has 0 unspecified atom stereocenters. The Morgan fingerprint density at radius 2 is 1.64 bits per heavy atom. The molecule has 0 aliphatic rings. The van der Waals surface area contributed by atoms with Crippen LogP contribution in [0.3, 0.4) is 0 Å². The molecule has 0 aliphatic heterocycles. The molecular formula is C21H18F3N3O5S. The van der Waals surface area contributed by atoms with E-state index in [-0.39, 0.29) is 22.0 Å². The summed E-state index contributed by atoms with van der Waals surface area (Å²) in [4.78, 5) is 15.6. The molecule has 12 heteroatoms. The van der Waals surface area contributed by atoms with Crippen LogP contribution in [0.5, 0.6) is 17.4 Å². The predicted octanol–water partition coefficient (Wildman–Crippen LogP) is 3.98. The Balaban J connectivity index is 1.74. The summed E-state index contributed by atoms with van der Waals surface area (Å²) in [5.74, 6) is 0.0186. The molecule has 1 aromatic heterocycles. The summed E-state index contributed by atoms with van der Waals surface area (Å²) in [6.07, 6.45) is -3.14. The van der Waals surface area contributed by atoms with Crippen molar-refractivity contribution >= 4 is 21.6 Å². The lowest BCUT2D eigenvalue weighted by Gasteiger charge is -2.13. The van der Waals surface area contributed by atoms with Gasteiger partial charge < -0.3 is 14.8 Å². The zero-order valence-corrected chi connectivity index (χ0v) is 17.9. The second-order valence-corrected chi connectivity index (χ2v) is 8.24. The minimum Gasteiger partial charge on any atom is -0.497 e. The summed E-state index contributed by atoms with van der Waals surface area (Å²) in [5, 5.41) is 1.71. The first kappa shape index (κ1) is 23.9. The highest BCUT2D eigenvalue weighted by Crippen LogP contribution is 2.29. The third kappa shape index (κ3) is 6.59. The molecule has 174 valence electrons. The van der Waals surface area contributed by atoms with Crippen molar-refractivity contribution in [3.05, 3.63) is 72.4 Å². The second kappa shape index (κ2) is 9.77. The lowest BCUT2D eigenvalue weighted by Crippen LogP contribution is -2.33. The molecular weight excluding hydrogens is 463 g/mol. The van der Waals surface area contributed by atoms with E-state index in [1.54, 1.807) is 29.6 Å². The molecule has 0 bridgehead atoms. The number of halogens is 3. The van der Waals surface area contributed by atoms with Gasteiger partial charge in [-0.3, -0.25) is 9.52 Å². The molecule has 1 heterocycles. The van der Waals surface area contributed by atoms with E-state index in [9.17, 15) is 26.4 Å². The Hall–Kier alpha value is -3.80. The number of hydrogen-bond acceptors (Lipinski definition) is 6. The average Bonchev–Trinajstić information content (AvgIpc) is 2.79. The van der Waals surface area contributed by atoms with Gasteiger partial charge in [-0.15, -0.1) is 0 Å². The maximum Gasteiger partial charge on any atom is 0.405 e. The Kier molecular flexibility index (Phi) is 7.07. The molecule has 2 aromatic carbocycles. The molecule has 2 N–H and O–H groups in total. The fourth-order valence-electron chi connectivity index (χ4n) is 2.58. The smallest absolute Gasteiger partial charge is 0.405 e. The summed E-state index contributed by atoms with van der Waals surface area (Å²) in [5.41, 5.74) is -0.0663. The molecule has 3 rings (SSSR count). The van der Waals surface area contributed by atoms with Crippen LogP contribution in [0.15, 0.2) is 71.8 Å². The molecule has 0 radical (unpaired) electrons. The number of alkyl halides is 3. The van der Waals surface area contributed by atoms with Gasteiger partial charge >= 0.3 is 6.18 Å². The van der Waals surface area contributed by atoms with Gasteiger partial charge in [0.05, 0.1) is 12.0 Å². The number of carbonyl (C=O) groups is 1. The first-order chi connectivity index (χ1) is 15.6. The van der Waals surface area contributed by atoms with Crippen molar-refractivity contribution in [2.45, 2.75) is 11.1 Å². The van der Waals surface area contributed by atoms with Crippen LogP contribution in [0, 0.1) is 0 Å². The molecule has 0 atom stereocenters. The highest BCUT2D eigenvalue weighted by atomic mass is 32.2. The van der Waals surface area contributed by atoms with Crippen molar-refractivity contribution < 1.29 is 35.9 Å². The topological polar surface area (TPSA) is 107 Å². The Morgan fingerprint density at radius 3 is 2.24 bits per heavy atom. The molecule has 0 spiro atoms. The van der Waals surface area contributed by atoms with Gasteiger partial charge in [0, 0.05) is 11.8 Å². The summed E-state index contributed by atoms with van der Waals surface area (Å²) in [6.45, 7) is -1.49. The highest BCUT2D eigenvalue weighted by Gasteiger charge is 2.28. The van der Waals surface area contributed by atoms with E-state index in [1.165, 1.54) is 25.4 Å². The maximum absolute atomic E-state index is 12.8. The van der Waals surface area contributed by atoms with Crippen LogP contribution in [0.2, 0.25) is 0 Å². The first-order valence-corrected chi connectivity index (χ1v) is 10.8. The number of amides is 1. The van der Waals surface area contributed by atoms with E-state index in [1.807, 2.05) is 0 Å². The van der Waals surface area contributed by atoms with E-state index >= 15 is 0 Å². The summed E-state index contributed by atoms with van der Waals surface area (Å²) >= 11 is 0. The number of hydrogen-bond donors (Lipinski definition) is 2. The number of sulfonamides is 1. The van der Waals surface area contributed by atoms with E-state index in [4.69, 9.17) is 9.47 Å². The van der Waals surface area contributed by atoms with Gasteiger partial charge in [0.15, 0.2) is 0 Å². The Labute approximate surface area is 187 Å². The first-order valence-electron chi connectivity index (χ1n) is 9.32. The average molecular weight is 481 g/mol. The number of rotatable bonds is 8. The molecule has 0 saturated heterocycles. The predicted molar refractivity (Wildman–Crippen MR) is 113 cm³/mol. The quantitative estimate of drug-likeness (QED) is 0.504. The fraction of sp³-hybridized carbons (Fsp3) is 0.143. The molecule has 8 nitrogen and oxygen atoms in total. The molecule has 1 amide bonds. The highest BCUT2D eigenvalue weighted by molar-refractivity contribution is 7.92. The lowest BCUT2D eigenvalue weighted by molar-refractivity contribution is -0.123. The van der Waals surface area contributed by atoms with Gasteiger partial charge in [0.2, 0.25) is 5.88 Å². The van der Waals surface area contributed by atoms with Crippen LogP contribution in [0.25, 0.3) is 0 Å². The molecule has 0 fully saturated rings. The van der Waals surface area contributed by atoms with Crippen LogP contribution >= 0.6 is 0 Å². The second-order valence-electron chi connectivity index (χ2n) is 6.56. The van der Waals surface area contributed by atoms with E-state index in [0.29, 0.717) is 11.5 Å². The van der Waals surface area contributed by atoms with Gasteiger partial charge in [-0.25, -0.2) is 13.4 Å². The number of anilines is 1. The van der Waals surface area contributed by atoms with E-state index < -0.39 is 28.7 Å². The fourth-order valence-corrected chi connectivity index (χ4v) is 3.63. The van der Waals surface area contributed by atoms with Gasteiger partial charge in [-0.05, 0) is 60.7 Å². The normalized spacial score (nSPS) is 11.5. The summed E-state index contributed by atoms with van der Waals surface area (Å²) in [7, 11) is -2.60. The summed E-state index contributed by atoms with van der Waals surface area (Å²) in [6, 6.07) is 13.9. The Bertz CT molecular complexity index is 1220. The van der Waals surface area contributed by atoms with Crippen molar-refractivity contribution in [3.8, 4) is 17.4 Å². The van der Waals surface area contributed by atoms with Crippen molar-refractivity contribution in [1.29, 1.82) is 0 Å². The standard InChI is InChI=1S/C21H18F3N3O5S/c1-31-15-6-8-16(9-7-15)32-20-18(3-2-12-25-20)27-33(29,30)17-10-4-14(5-11-17)19(28)26-13-21(22,23)24/h2-12,27H,13H2,1H3,(H,26,28). The molecule has 0 aliphatic carbocycles. The monoisotopic (exact) mass is 481 g/mol. The van der Waals surface area contributed by atoms with Crippen LogP contribution in [-0.2, 0) is 10.0 Å². The van der Waals surface area contributed by atoms with E-state index in [0.717, 1.165) is 24.3 Å². The van der Waals surface area contributed by atoms with Crippen LogP contribution in [0.1, 0.15) is 10.4 Å². The minimum absolute atomic E-state index is 0.00519. The third-order valence-corrected chi connectivity index (χ3v) is 5.55. The van der Waals surface area contributed by atoms with Crippen LogP contribution < -0.4 is 19.5 Å². The number of pyridine rings is 1. The zero-order chi connectivity index (χ0) is 24.1. The zero-order valence-electron chi connectivity index (χ0n) is 17.1. The third-order valence-electron chi connectivity index (χ3n) is 4.17. The lowest BCUT2D eigenvalue weighted by atomic mass is 10.2. The number of methoxy groups -OCH3 is 1. The van der Waals surface area contributed by atoms with Crippen molar-refractivity contribution in [3.63, 3.8) is 0 Å². The van der Waals surface area contributed by atoms with Crippen molar-refractivity contribution in [2.24, 2.45) is 0 Å². The molecule has 0 saturated carbocycles. The minimum atomic E-state index is -4.56. The largest absolute Gasteiger partial charge is 0.497 e. The number of carbonyl (C=O) groups excluding carboxylic acids is 1. The van der Waals surface area contributed by atoms with Gasteiger partial charge in [0.1, 0.15) is 23.7 Å². The van der Waals surface area contributed by atoms with Gasteiger partial charge in [0.25, 0.3) is 15.9 Å². The maximum atomic E-state index is 12.8. The number of aromatic nitrogens is 1. The van der Waals surface area contributed by atoms with E-state index in [2.05, 4.69) is 9.71 Å². The number of benzene rings is 2. The Morgan fingerprint density at radius 1 is 1.00 bits per heavy atom. The SMILES string of the molecule is COc1ccc(Oc2ncccc2NS(=O)(=O)c2ccc(C(=O)NCC(F)(F)F)cc2)cc1. The van der Waals surface area contributed by atoms with Crippen molar-refractivity contribution in [2.75, 3.05) is 18.4 Å². The van der Waals surface area contributed by atoms with Crippen LogP contribution in [-0.4, -0.2) is 39.1 Å². The molecule has 33 heavy (non-hydrogen) atoms. The summed E-state index contributed by atoms with van der Waals surface area (Å²) < 4.78 is 75.3. The number of ether oxygens (including phenoxy) is 2.